The molecule has 0 unspecified atom stereocenters. The summed E-state index contributed by atoms with van der Waals surface area (Å²) < 4.78 is 5.69. The van der Waals surface area contributed by atoms with Crippen LogP contribution in [0.25, 0.3) is 0 Å². The molecule has 2 aromatic carbocycles. The van der Waals surface area contributed by atoms with Crippen LogP contribution in [-0.4, -0.2) is 12.9 Å². The second kappa shape index (κ2) is 6.19. The van der Waals surface area contributed by atoms with E-state index in [4.69, 9.17) is 4.74 Å². The lowest BCUT2D eigenvalue weighted by molar-refractivity contribution is 0.112. The average molecular weight is 254 g/mol. The Bertz CT molecular complexity index is 556. The Kier molecular flexibility index (Phi) is 4.35. The van der Waals surface area contributed by atoms with Crippen molar-refractivity contribution < 1.29 is 9.53 Å². The summed E-state index contributed by atoms with van der Waals surface area (Å²) in [5.74, 6) is 0.802. The Morgan fingerprint density at radius 1 is 1.05 bits per heavy atom. The van der Waals surface area contributed by atoms with Crippen molar-refractivity contribution in [3.63, 3.8) is 0 Å². The fraction of sp³-hybridized carbons (Fsp3) is 0.235. The maximum Gasteiger partial charge on any atom is 0.150 e. The summed E-state index contributed by atoms with van der Waals surface area (Å²) in [4.78, 5) is 10.5. The summed E-state index contributed by atoms with van der Waals surface area (Å²) in [7, 11) is 0. The van der Waals surface area contributed by atoms with Crippen LogP contribution in [0.2, 0.25) is 0 Å². The van der Waals surface area contributed by atoms with Crippen molar-refractivity contribution in [3.8, 4) is 5.75 Å². The van der Waals surface area contributed by atoms with Gasteiger partial charge in [-0.2, -0.15) is 0 Å². The first-order chi connectivity index (χ1) is 9.19. The SMILES string of the molecule is Cc1ccc(C)c(CCOc2ccc(C=O)cc2)c1. The third-order valence-corrected chi connectivity index (χ3v) is 3.16. The molecule has 98 valence electrons. The zero-order valence-electron chi connectivity index (χ0n) is 11.3. The highest BCUT2D eigenvalue weighted by atomic mass is 16.5. The van der Waals surface area contributed by atoms with Crippen LogP contribution >= 0.6 is 0 Å². The molecule has 0 amide bonds. The van der Waals surface area contributed by atoms with E-state index in [1.807, 2.05) is 12.1 Å². The molecular weight excluding hydrogens is 236 g/mol. The monoisotopic (exact) mass is 254 g/mol. The van der Waals surface area contributed by atoms with Crippen LogP contribution in [0.15, 0.2) is 42.5 Å². The number of ether oxygens (including phenoxy) is 1. The molecule has 2 nitrogen and oxygen atoms in total. The molecule has 19 heavy (non-hydrogen) atoms. The quantitative estimate of drug-likeness (QED) is 0.760. The van der Waals surface area contributed by atoms with Crippen LogP contribution in [0.3, 0.4) is 0 Å². The van der Waals surface area contributed by atoms with Crippen LogP contribution in [-0.2, 0) is 6.42 Å². The summed E-state index contributed by atoms with van der Waals surface area (Å²) in [5.41, 5.74) is 4.56. The molecule has 0 aliphatic rings. The summed E-state index contributed by atoms with van der Waals surface area (Å²) in [5, 5.41) is 0. The fourth-order valence-corrected chi connectivity index (χ4v) is 1.99. The van der Waals surface area contributed by atoms with Gasteiger partial charge in [-0.05, 0) is 49.2 Å². The van der Waals surface area contributed by atoms with Crippen LogP contribution in [0.4, 0.5) is 0 Å². The number of carbonyl (C=O) groups is 1. The molecule has 0 heterocycles. The van der Waals surface area contributed by atoms with Gasteiger partial charge in [0.1, 0.15) is 12.0 Å². The van der Waals surface area contributed by atoms with E-state index in [-0.39, 0.29) is 0 Å². The molecule has 0 spiro atoms. The minimum Gasteiger partial charge on any atom is -0.493 e. The Balaban J connectivity index is 1.92. The number of aryl methyl sites for hydroxylation is 2. The van der Waals surface area contributed by atoms with Gasteiger partial charge in [-0.3, -0.25) is 4.79 Å². The lowest BCUT2D eigenvalue weighted by Gasteiger charge is -2.09. The van der Waals surface area contributed by atoms with Crippen molar-refractivity contribution in [3.05, 3.63) is 64.7 Å². The van der Waals surface area contributed by atoms with E-state index in [1.54, 1.807) is 12.1 Å². The van der Waals surface area contributed by atoms with Crippen molar-refractivity contribution in [2.75, 3.05) is 6.61 Å². The Morgan fingerprint density at radius 3 is 2.47 bits per heavy atom. The predicted molar refractivity (Wildman–Crippen MR) is 76.9 cm³/mol. The van der Waals surface area contributed by atoms with E-state index >= 15 is 0 Å². The molecule has 0 N–H and O–H groups in total. The Morgan fingerprint density at radius 2 is 1.79 bits per heavy atom. The molecule has 0 saturated heterocycles. The van der Waals surface area contributed by atoms with E-state index in [1.165, 1.54) is 16.7 Å². The number of rotatable bonds is 5. The van der Waals surface area contributed by atoms with Gasteiger partial charge in [-0.25, -0.2) is 0 Å². The third kappa shape index (κ3) is 3.68. The van der Waals surface area contributed by atoms with Crippen LogP contribution in [0, 0.1) is 13.8 Å². The van der Waals surface area contributed by atoms with Crippen LogP contribution < -0.4 is 4.74 Å². The topological polar surface area (TPSA) is 26.3 Å². The lowest BCUT2D eigenvalue weighted by atomic mass is 10.0. The normalized spacial score (nSPS) is 10.2. The molecular formula is C17H18O2. The van der Waals surface area contributed by atoms with Gasteiger partial charge in [0.25, 0.3) is 0 Å². The second-order valence-electron chi connectivity index (χ2n) is 4.72. The van der Waals surface area contributed by atoms with Gasteiger partial charge < -0.3 is 4.74 Å². The molecule has 0 aliphatic carbocycles. The van der Waals surface area contributed by atoms with Crippen LogP contribution in [0.1, 0.15) is 27.0 Å². The highest BCUT2D eigenvalue weighted by Crippen LogP contribution is 2.14. The van der Waals surface area contributed by atoms with Gasteiger partial charge in [0, 0.05) is 12.0 Å². The van der Waals surface area contributed by atoms with Crippen molar-refractivity contribution in [1.82, 2.24) is 0 Å². The molecule has 0 atom stereocenters. The van der Waals surface area contributed by atoms with Crippen molar-refractivity contribution >= 4 is 6.29 Å². The first-order valence-electron chi connectivity index (χ1n) is 6.43. The molecule has 0 aromatic heterocycles. The Labute approximate surface area is 114 Å². The number of carbonyl (C=O) groups excluding carboxylic acids is 1. The minimum absolute atomic E-state index is 0.644. The molecule has 0 saturated carbocycles. The van der Waals surface area contributed by atoms with Crippen molar-refractivity contribution in [1.29, 1.82) is 0 Å². The Hall–Kier alpha value is -2.09. The predicted octanol–water partition coefficient (Wildman–Crippen LogP) is 3.74. The third-order valence-electron chi connectivity index (χ3n) is 3.16. The molecule has 0 radical (unpaired) electrons. The summed E-state index contributed by atoms with van der Waals surface area (Å²) >= 11 is 0. The maximum absolute atomic E-state index is 10.5. The molecule has 0 fully saturated rings. The standard InChI is InChI=1S/C17H18O2/c1-13-3-4-14(2)16(11-13)9-10-19-17-7-5-15(12-18)6-8-17/h3-8,11-12H,9-10H2,1-2H3. The summed E-state index contributed by atoms with van der Waals surface area (Å²) in [6, 6.07) is 13.6. The smallest absolute Gasteiger partial charge is 0.150 e. The van der Waals surface area contributed by atoms with Gasteiger partial charge in [0.15, 0.2) is 0 Å². The van der Waals surface area contributed by atoms with Crippen molar-refractivity contribution in [2.45, 2.75) is 20.3 Å². The zero-order valence-corrected chi connectivity index (χ0v) is 11.3. The largest absolute Gasteiger partial charge is 0.493 e. The van der Waals surface area contributed by atoms with E-state index in [2.05, 4.69) is 32.0 Å². The molecule has 2 rings (SSSR count). The number of benzene rings is 2. The number of hydrogen-bond donors (Lipinski definition) is 0. The first-order valence-corrected chi connectivity index (χ1v) is 6.43. The van der Waals surface area contributed by atoms with Gasteiger partial charge in [-0.15, -0.1) is 0 Å². The zero-order chi connectivity index (χ0) is 13.7. The van der Waals surface area contributed by atoms with Gasteiger partial charge >= 0.3 is 0 Å². The molecule has 2 aromatic rings. The number of aldehydes is 1. The molecule has 0 bridgehead atoms. The van der Waals surface area contributed by atoms with Gasteiger partial charge in [-0.1, -0.05) is 23.8 Å². The van der Waals surface area contributed by atoms with Crippen molar-refractivity contribution in [2.24, 2.45) is 0 Å². The number of hydrogen-bond acceptors (Lipinski definition) is 2. The molecule has 0 aliphatic heterocycles. The highest BCUT2D eigenvalue weighted by molar-refractivity contribution is 5.74. The second-order valence-corrected chi connectivity index (χ2v) is 4.72. The highest BCUT2D eigenvalue weighted by Gasteiger charge is 2.00. The fourth-order valence-electron chi connectivity index (χ4n) is 1.99. The molecule has 2 heteroatoms. The van der Waals surface area contributed by atoms with E-state index in [0.717, 1.165) is 18.5 Å². The summed E-state index contributed by atoms with van der Waals surface area (Å²) in [6.45, 7) is 4.86. The van der Waals surface area contributed by atoms with Gasteiger partial charge in [0.2, 0.25) is 0 Å². The maximum atomic E-state index is 10.5. The van der Waals surface area contributed by atoms with E-state index in [0.29, 0.717) is 12.2 Å². The minimum atomic E-state index is 0.644. The van der Waals surface area contributed by atoms with Crippen LogP contribution in [0.5, 0.6) is 5.75 Å². The van der Waals surface area contributed by atoms with E-state index in [9.17, 15) is 4.79 Å². The first kappa shape index (κ1) is 13.3. The summed E-state index contributed by atoms with van der Waals surface area (Å²) in [6.07, 6.45) is 1.73. The van der Waals surface area contributed by atoms with Gasteiger partial charge in [0.05, 0.1) is 6.61 Å². The average Bonchev–Trinajstić information content (AvgIpc) is 2.43. The lowest BCUT2D eigenvalue weighted by Crippen LogP contribution is -2.03. The van der Waals surface area contributed by atoms with E-state index < -0.39 is 0 Å².